The van der Waals surface area contributed by atoms with Crippen molar-refractivity contribution in [1.29, 1.82) is 0 Å². The third-order valence-electron chi connectivity index (χ3n) is 5.58. The average Bonchev–Trinajstić information content (AvgIpc) is 2.76. The van der Waals surface area contributed by atoms with Gasteiger partial charge in [-0.2, -0.15) is 0 Å². The first-order chi connectivity index (χ1) is 15.6. The monoisotopic (exact) mass is 492 g/mol. The molecule has 0 aliphatic rings. The van der Waals surface area contributed by atoms with Crippen LogP contribution >= 0.6 is 0 Å². The Bertz CT molecular complexity index is 594. The van der Waals surface area contributed by atoms with Crippen LogP contribution in [0.25, 0.3) is 0 Å². The highest BCUT2D eigenvalue weighted by Crippen LogP contribution is 2.17. The lowest BCUT2D eigenvalue weighted by Gasteiger charge is -2.31. The highest BCUT2D eigenvalue weighted by Gasteiger charge is 2.33. The van der Waals surface area contributed by atoms with Crippen LogP contribution in [-0.2, 0) is 14.3 Å². The van der Waals surface area contributed by atoms with Crippen molar-refractivity contribution in [2.75, 3.05) is 19.7 Å². The molecular weight excluding hydrogens is 444 g/mol. The Morgan fingerprint density at radius 2 is 1.50 bits per heavy atom. The van der Waals surface area contributed by atoms with Crippen molar-refractivity contribution in [3.8, 4) is 0 Å². The normalized spacial score (nSPS) is 17.0. The second-order valence-electron chi connectivity index (χ2n) is 10.5. The molecule has 0 aromatic heterocycles. The van der Waals surface area contributed by atoms with Crippen LogP contribution in [0.4, 0.5) is 0 Å². The minimum atomic E-state index is -1.87. The van der Waals surface area contributed by atoms with Gasteiger partial charge in [0.1, 0.15) is 36.1 Å². The number of nitrogens with one attached hydrogen (secondary N) is 2. The number of ketones is 1. The molecule has 0 heterocycles. The maximum Gasteiger partial charge on any atom is 0.323 e. The number of Topliss-reactive ketones (excluding diaryl/α,β-unsaturated/α-hetero) is 1. The number of carbonyl (C=O) groups is 2. The van der Waals surface area contributed by atoms with Gasteiger partial charge in [-0.15, -0.1) is 0 Å². The van der Waals surface area contributed by atoms with Crippen LogP contribution in [-0.4, -0.2) is 98.6 Å². The van der Waals surface area contributed by atoms with Crippen molar-refractivity contribution >= 4 is 11.8 Å². The van der Waals surface area contributed by atoms with E-state index in [1.807, 2.05) is 41.5 Å². The van der Waals surface area contributed by atoms with Crippen LogP contribution in [0.1, 0.15) is 80.1 Å². The Labute approximate surface area is 204 Å². The molecule has 10 heteroatoms. The number of aliphatic hydroxyl groups is 5. The Balaban J connectivity index is 4.28. The van der Waals surface area contributed by atoms with Crippen LogP contribution in [0, 0.1) is 0 Å². The Morgan fingerprint density at radius 3 is 2.03 bits per heavy atom. The lowest BCUT2D eigenvalue weighted by molar-refractivity contribution is -0.160. The van der Waals surface area contributed by atoms with Crippen LogP contribution < -0.4 is 10.6 Å². The molecule has 10 nitrogen and oxygen atoms in total. The van der Waals surface area contributed by atoms with Crippen LogP contribution in [0.15, 0.2) is 0 Å². The molecule has 0 amide bonds. The standard InChI is InChI=1S/C24H48N2O8/c1-7-24(5,6)34-22(33)16(26-23(2,3)4)11-8-9-13-25-14-10-12-17(28)19(30)21(32)20(31)18(29)15-27/h16,18-21,25-27,29-32H,7-15H2,1-6H3. The number of aliphatic hydroxyl groups excluding tert-OH is 5. The molecule has 0 aromatic carbocycles. The fourth-order valence-electron chi connectivity index (χ4n) is 3.16. The molecule has 0 fully saturated rings. The number of rotatable bonds is 18. The highest BCUT2D eigenvalue weighted by molar-refractivity contribution is 5.83. The average molecular weight is 493 g/mol. The van der Waals surface area contributed by atoms with Crippen LogP contribution in [0.5, 0.6) is 0 Å². The SMILES string of the molecule is CCC(C)(C)OC(=O)C(CCCCNCCCC(=O)C(O)C(O)C(O)C(O)CO)NC(C)(C)C. The molecule has 202 valence electrons. The number of unbranched alkanes of at least 4 members (excludes halogenated alkanes) is 1. The lowest BCUT2D eigenvalue weighted by Crippen LogP contribution is -2.49. The van der Waals surface area contributed by atoms with Gasteiger partial charge in [0, 0.05) is 12.0 Å². The summed E-state index contributed by atoms with van der Waals surface area (Å²) in [7, 11) is 0. The van der Waals surface area contributed by atoms with Gasteiger partial charge in [-0.05, 0) is 73.4 Å². The summed E-state index contributed by atoms with van der Waals surface area (Å²) in [4.78, 5) is 24.6. The molecule has 0 radical (unpaired) electrons. The minimum Gasteiger partial charge on any atom is -0.459 e. The van der Waals surface area contributed by atoms with Gasteiger partial charge < -0.3 is 35.6 Å². The molecule has 0 rings (SSSR count). The van der Waals surface area contributed by atoms with Gasteiger partial charge in [-0.3, -0.25) is 14.9 Å². The molecule has 0 spiro atoms. The molecule has 34 heavy (non-hydrogen) atoms. The van der Waals surface area contributed by atoms with E-state index >= 15 is 0 Å². The van der Waals surface area contributed by atoms with E-state index in [0.29, 0.717) is 25.9 Å². The molecule has 0 aliphatic heterocycles. The summed E-state index contributed by atoms with van der Waals surface area (Å²) in [5, 5.41) is 53.8. The summed E-state index contributed by atoms with van der Waals surface area (Å²) in [6.45, 7) is 12.2. The Kier molecular flexibility index (Phi) is 15.2. The van der Waals surface area contributed by atoms with Crippen molar-refractivity contribution in [3.63, 3.8) is 0 Å². The van der Waals surface area contributed by atoms with Crippen molar-refractivity contribution in [2.45, 2.75) is 122 Å². The Morgan fingerprint density at radius 1 is 0.912 bits per heavy atom. The smallest absolute Gasteiger partial charge is 0.323 e. The van der Waals surface area contributed by atoms with E-state index in [-0.39, 0.29) is 17.9 Å². The van der Waals surface area contributed by atoms with E-state index in [4.69, 9.17) is 9.84 Å². The molecule has 0 aliphatic carbocycles. The number of esters is 1. The van der Waals surface area contributed by atoms with E-state index in [1.165, 1.54) is 0 Å². The van der Waals surface area contributed by atoms with E-state index in [1.54, 1.807) is 0 Å². The first kappa shape index (κ1) is 32.9. The topological polar surface area (TPSA) is 169 Å². The third kappa shape index (κ3) is 13.7. The van der Waals surface area contributed by atoms with Gasteiger partial charge in [0.25, 0.3) is 0 Å². The third-order valence-corrected chi connectivity index (χ3v) is 5.58. The molecule has 0 saturated carbocycles. The number of hydrogen-bond acceptors (Lipinski definition) is 10. The zero-order valence-corrected chi connectivity index (χ0v) is 21.7. The van der Waals surface area contributed by atoms with Gasteiger partial charge in [0.2, 0.25) is 0 Å². The molecule has 0 saturated heterocycles. The number of carbonyl (C=O) groups excluding carboxylic acids is 2. The van der Waals surface area contributed by atoms with Gasteiger partial charge >= 0.3 is 5.97 Å². The number of ether oxygens (including phenoxy) is 1. The number of hydrogen-bond donors (Lipinski definition) is 7. The van der Waals surface area contributed by atoms with Gasteiger partial charge in [-0.1, -0.05) is 13.3 Å². The van der Waals surface area contributed by atoms with Crippen molar-refractivity contribution in [1.82, 2.24) is 10.6 Å². The largest absolute Gasteiger partial charge is 0.459 e. The molecule has 0 bridgehead atoms. The summed E-state index contributed by atoms with van der Waals surface area (Å²) in [6.07, 6.45) is -3.74. The van der Waals surface area contributed by atoms with E-state index in [0.717, 1.165) is 19.3 Å². The van der Waals surface area contributed by atoms with Crippen molar-refractivity contribution in [3.05, 3.63) is 0 Å². The summed E-state index contributed by atoms with van der Waals surface area (Å²) in [5.41, 5.74) is -0.733. The summed E-state index contributed by atoms with van der Waals surface area (Å²) < 4.78 is 5.67. The van der Waals surface area contributed by atoms with Crippen molar-refractivity contribution < 1.29 is 39.9 Å². The predicted molar refractivity (Wildman–Crippen MR) is 129 cm³/mol. The summed E-state index contributed by atoms with van der Waals surface area (Å²) >= 11 is 0. The van der Waals surface area contributed by atoms with E-state index in [2.05, 4.69) is 10.6 Å². The summed E-state index contributed by atoms with van der Waals surface area (Å²) in [5.74, 6) is -0.895. The quantitative estimate of drug-likeness (QED) is 0.102. The van der Waals surface area contributed by atoms with Crippen LogP contribution in [0.3, 0.4) is 0 Å². The van der Waals surface area contributed by atoms with Crippen molar-refractivity contribution in [2.24, 2.45) is 0 Å². The zero-order chi connectivity index (χ0) is 26.5. The first-order valence-corrected chi connectivity index (χ1v) is 12.2. The fourth-order valence-corrected chi connectivity index (χ4v) is 3.16. The molecule has 5 unspecified atom stereocenters. The van der Waals surface area contributed by atoms with Crippen LogP contribution in [0.2, 0.25) is 0 Å². The maximum absolute atomic E-state index is 12.7. The minimum absolute atomic E-state index is 0.0101. The van der Waals surface area contributed by atoms with E-state index < -0.39 is 48.4 Å². The van der Waals surface area contributed by atoms with Gasteiger partial charge in [-0.25, -0.2) is 0 Å². The predicted octanol–water partition coefficient (Wildman–Crippen LogP) is 0.0200. The fraction of sp³-hybridized carbons (Fsp3) is 0.917. The second-order valence-corrected chi connectivity index (χ2v) is 10.5. The van der Waals surface area contributed by atoms with Gasteiger partial charge in [0.05, 0.1) is 6.61 Å². The van der Waals surface area contributed by atoms with E-state index in [9.17, 15) is 30.0 Å². The second kappa shape index (κ2) is 15.8. The first-order valence-electron chi connectivity index (χ1n) is 12.2. The molecule has 5 atom stereocenters. The molecular formula is C24H48N2O8. The zero-order valence-electron chi connectivity index (χ0n) is 21.7. The molecule has 0 aromatic rings. The highest BCUT2D eigenvalue weighted by atomic mass is 16.6. The molecule has 7 N–H and O–H groups in total. The van der Waals surface area contributed by atoms with Gasteiger partial charge in [0.15, 0.2) is 5.78 Å². The Hall–Kier alpha value is -1.14. The summed E-state index contributed by atoms with van der Waals surface area (Å²) in [6, 6.07) is -0.393. The lowest BCUT2D eigenvalue weighted by atomic mass is 9.98. The maximum atomic E-state index is 12.7.